The van der Waals surface area contributed by atoms with E-state index in [0.717, 1.165) is 10.6 Å². The number of nitrogens with one attached hydrogen (secondary N) is 1. The molecule has 0 saturated carbocycles. The Bertz CT molecular complexity index is 1380. The van der Waals surface area contributed by atoms with E-state index in [1.54, 1.807) is 55.5 Å². The lowest BCUT2D eigenvalue weighted by molar-refractivity contribution is 0.301. The van der Waals surface area contributed by atoms with Crippen molar-refractivity contribution in [2.75, 3.05) is 4.72 Å². The summed E-state index contributed by atoms with van der Waals surface area (Å²) < 4.78 is 34.6. The topological polar surface area (TPSA) is 103 Å². The summed E-state index contributed by atoms with van der Waals surface area (Å²) in [6, 6.07) is 14.6. The van der Waals surface area contributed by atoms with Crippen LogP contribution in [0.4, 0.5) is 5.69 Å². The minimum atomic E-state index is -3.71. The largest absolute Gasteiger partial charge is 0.487 e. The van der Waals surface area contributed by atoms with Crippen LogP contribution in [0.5, 0.6) is 5.75 Å². The van der Waals surface area contributed by atoms with Crippen molar-refractivity contribution in [2.24, 2.45) is 0 Å². The highest BCUT2D eigenvalue weighted by atomic mass is 32.2. The van der Waals surface area contributed by atoms with Gasteiger partial charge < -0.3 is 4.74 Å². The molecule has 4 aromatic rings. The standard InChI is InChI=1S/C20H18N4O4S2/c1-13-6-8-18(9-7-13)30(26,27)23-15-4-3-5-17(10-15)28-12-16-11-19(25)24-20(21-16)29-14(2)22-24/h3-11,23H,12H2,1-2H3. The van der Waals surface area contributed by atoms with Crippen molar-refractivity contribution in [1.29, 1.82) is 0 Å². The lowest BCUT2D eigenvalue weighted by Crippen LogP contribution is -2.16. The Balaban J connectivity index is 1.50. The molecule has 0 aliphatic rings. The van der Waals surface area contributed by atoms with Crippen LogP contribution in [0.3, 0.4) is 0 Å². The van der Waals surface area contributed by atoms with Crippen molar-refractivity contribution in [3.05, 3.63) is 81.2 Å². The second kappa shape index (κ2) is 7.88. The van der Waals surface area contributed by atoms with E-state index in [1.165, 1.54) is 21.9 Å². The highest BCUT2D eigenvalue weighted by Crippen LogP contribution is 2.22. The van der Waals surface area contributed by atoms with Crippen molar-refractivity contribution in [2.45, 2.75) is 25.3 Å². The SMILES string of the molecule is Cc1ccc(S(=O)(=O)Nc2cccc(OCc3cc(=O)n4nc(C)sc4n3)c2)cc1. The fraction of sp³-hybridized carbons (Fsp3) is 0.150. The monoisotopic (exact) mass is 442 g/mol. The average molecular weight is 443 g/mol. The van der Waals surface area contributed by atoms with Crippen LogP contribution in [0, 0.1) is 13.8 Å². The Morgan fingerprint density at radius 2 is 1.87 bits per heavy atom. The van der Waals surface area contributed by atoms with Gasteiger partial charge in [0.05, 0.1) is 16.3 Å². The van der Waals surface area contributed by atoms with Crippen LogP contribution in [0.25, 0.3) is 4.96 Å². The molecule has 0 amide bonds. The molecule has 0 spiro atoms. The zero-order chi connectivity index (χ0) is 21.3. The smallest absolute Gasteiger partial charge is 0.275 e. The lowest BCUT2D eigenvalue weighted by Gasteiger charge is -2.11. The number of hydrogen-bond acceptors (Lipinski definition) is 7. The molecule has 2 aromatic carbocycles. The first-order valence-corrected chi connectivity index (χ1v) is 11.3. The van der Waals surface area contributed by atoms with Crippen LogP contribution in [-0.2, 0) is 16.6 Å². The fourth-order valence-corrected chi connectivity index (χ4v) is 4.58. The third-order valence-electron chi connectivity index (χ3n) is 4.20. The van der Waals surface area contributed by atoms with Gasteiger partial charge in [-0.3, -0.25) is 9.52 Å². The first-order valence-electron chi connectivity index (χ1n) is 8.99. The fourth-order valence-electron chi connectivity index (χ4n) is 2.76. The van der Waals surface area contributed by atoms with E-state index in [1.807, 2.05) is 6.92 Å². The van der Waals surface area contributed by atoms with Crippen LogP contribution in [0.15, 0.2) is 64.3 Å². The normalized spacial score (nSPS) is 11.5. The summed E-state index contributed by atoms with van der Waals surface area (Å²) >= 11 is 1.32. The van der Waals surface area contributed by atoms with Crippen LogP contribution >= 0.6 is 11.3 Å². The van der Waals surface area contributed by atoms with E-state index in [9.17, 15) is 13.2 Å². The van der Waals surface area contributed by atoms with E-state index in [0.29, 0.717) is 22.1 Å². The summed E-state index contributed by atoms with van der Waals surface area (Å²) in [6.07, 6.45) is 0. The molecule has 30 heavy (non-hydrogen) atoms. The summed E-state index contributed by atoms with van der Waals surface area (Å²) in [6.45, 7) is 3.76. The molecule has 1 N–H and O–H groups in total. The van der Waals surface area contributed by atoms with Gasteiger partial charge in [-0.25, -0.2) is 13.4 Å². The van der Waals surface area contributed by atoms with E-state index in [4.69, 9.17) is 4.74 Å². The quantitative estimate of drug-likeness (QED) is 0.492. The summed E-state index contributed by atoms with van der Waals surface area (Å²) in [5, 5.41) is 4.84. The van der Waals surface area contributed by atoms with Gasteiger partial charge in [-0.2, -0.15) is 9.61 Å². The third-order valence-corrected chi connectivity index (χ3v) is 6.42. The van der Waals surface area contributed by atoms with E-state index in [-0.39, 0.29) is 17.1 Å². The Hall–Kier alpha value is -3.24. The molecule has 0 atom stereocenters. The predicted molar refractivity (Wildman–Crippen MR) is 115 cm³/mol. The van der Waals surface area contributed by atoms with Gasteiger partial charge >= 0.3 is 0 Å². The molecular formula is C20H18N4O4S2. The number of sulfonamides is 1. The number of ether oxygens (including phenoxy) is 1. The number of aromatic nitrogens is 3. The van der Waals surface area contributed by atoms with Gasteiger partial charge in [0.1, 0.15) is 17.4 Å². The van der Waals surface area contributed by atoms with Gasteiger partial charge in [-0.05, 0) is 38.1 Å². The van der Waals surface area contributed by atoms with Crippen LogP contribution in [-0.4, -0.2) is 23.0 Å². The molecule has 4 rings (SSSR count). The Labute approximate surface area is 176 Å². The maximum absolute atomic E-state index is 12.6. The maximum Gasteiger partial charge on any atom is 0.275 e. The van der Waals surface area contributed by atoms with Gasteiger partial charge in [-0.15, -0.1) is 0 Å². The molecule has 0 unspecified atom stereocenters. The number of aryl methyl sites for hydroxylation is 2. The first kappa shape index (κ1) is 20.0. The highest BCUT2D eigenvalue weighted by molar-refractivity contribution is 7.92. The molecule has 0 radical (unpaired) electrons. The minimum absolute atomic E-state index is 0.0663. The van der Waals surface area contributed by atoms with Crippen molar-refractivity contribution < 1.29 is 13.2 Å². The lowest BCUT2D eigenvalue weighted by atomic mass is 10.2. The predicted octanol–water partition coefficient (Wildman–Crippen LogP) is 3.15. The summed E-state index contributed by atoms with van der Waals surface area (Å²) in [5.74, 6) is 0.446. The van der Waals surface area contributed by atoms with Gasteiger partial charge in [-0.1, -0.05) is 35.1 Å². The molecule has 0 saturated heterocycles. The Kier molecular flexibility index (Phi) is 5.27. The highest BCUT2D eigenvalue weighted by Gasteiger charge is 2.14. The van der Waals surface area contributed by atoms with Gasteiger partial charge in [0.15, 0.2) is 0 Å². The number of fused-ring (bicyclic) bond motifs is 1. The van der Waals surface area contributed by atoms with Crippen LogP contribution < -0.4 is 15.0 Å². The Morgan fingerprint density at radius 3 is 2.63 bits per heavy atom. The summed E-state index contributed by atoms with van der Waals surface area (Å²) in [5.41, 5.74) is 1.54. The van der Waals surface area contributed by atoms with Crippen molar-refractivity contribution in [3.63, 3.8) is 0 Å². The molecule has 0 aliphatic carbocycles. The average Bonchev–Trinajstić information content (AvgIpc) is 3.07. The van der Waals surface area contributed by atoms with Gasteiger partial charge in [0.2, 0.25) is 4.96 Å². The van der Waals surface area contributed by atoms with Crippen molar-refractivity contribution >= 4 is 32.0 Å². The van der Waals surface area contributed by atoms with Crippen LogP contribution in [0.2, 0.25) is 0 Å². The van der Waals surface area contributed by atoms with E-state index >= 15 is 0 Å². The minimum Gasteiger partial charge on any atom is -0.487 e. The second-order valence-electron chi connectivity index (χ2n) is 6.64. The third kappa shape index (κ3) is 4.34. The molecule has 2 aromatic heterocycles. The van der Waals surface area contributed by atoms with Crippen molar-refractivity contribution in [1.82, 2.24) is 14.6 Å². The zero-order valence-electron chi connectivity index (χ0n) is 16.2. The number of rotatable bonds is 6. The van der Waals surface area contributed by atoms with Gasteiger partial charge in [0.25, 0.3) is 15.6 Å². The first-order chi connectivity index (χ1) is 14.3. The van der Waals surface area contributed by atoms with Crippen molar-refractivity contribution in [3.8, 4) is 5.75 Å². The summed E-state index contributed by atoms with van der Waals surface area (Å²) in [4.78, 5) is 17.2. The number of hydrogen-bond donors (Lipinski definition) is 1. The van der Waals surface area contributed by atoms with E-state index < -0.39 is 10.0 Å². The molecule has 2 heterocycles. The maximum atomic E-state index is 12.6. The summed E-state index contributed by atoms with van der Waals surface area (Å²) in [7, 11) is -3.71. The molecule has 0 fully saturated rings. The zero-order valence-corrected chi connectivity index (χ0v) is 17.8. The second-order valence-corrected chi connectivity index (χ2v) is 9.48. The van der Waals surface area contributed by atoms with E-state index in [2.05, 4.69) is 14.8 Å². The van der Waals surface area contributed by atoms with Crippen LogP contribution in [0.1, 0.15) is 16.3 Å². The number of benzene rings is 2. The molecule has 0 aliphatic heterocycles. The molecule has 10 heteroatoms. The molecular weight excluding hydrogens is 424 g/mol. The molecule has 154 valence electrons. The molecule has 8 nitrogen and oxygen atoms in total. The number of anilines is 1. The Morgan fingerprint density at radius 1 is 1.10 bits per heavy atom. The van der Waals surface area contributed by atoms with Gasteiger partial charge in [0, 0.05) is 12.1 Å². The molecule has 0 bridgehead atoms. The number of nitrogens with zero attached hydrogens (tertiary/aromatic N) is 3.